The number of ether oxygens (including phenoxy) is 2. The molecule has 2 aromatic rings. The first-order chi connectivity index (χ1) is 14.8. The number of rotatable bonds is 3. The fourth-order valence-corrected chi connectivity index (χ4v) is 5.34. The van der Waals surface area contributed by atoms with Gasteiger partial charge in [0.25, 0.3) is 5.91 Å². The van der Waals surface area contributed by atoms with Crippen molar-refractivity contribution in [3.05, 3.63) is 63.2 Å². The van der Waals surface area contributed by atoms with E-state index in [2.05, 4.69) is 42.2 Å². The van der Waals surface area contributed by atoms with Crippen LogP contribution in [0.2, 0.25) is 5.02 Å². The molecule has 0 spiro atoms. The Morgan fingerprint density at radius 2 is 1.94 bits per heavy atom. The van der Waals surface area contributed by atoms with Gasteiger partial charge in [-0.1, -0.05) is 35.9 Å². The van der Waals surface area contributed by atoms with Crippen LogP contribution in [0.3, 0.4) is 0 Å². The molecular formula is C24H27ClN2O4. The van der Waals surface area contributed by atoms with Crippen molar-refractivity contribution in [1.29, 1.82) is 0 Å². The van der Waals surface area contributed by atoms with Gasteiger partial charge in [0.2, 0.25) is 6.41 Å². The lowest BCUT2D eigenvalue weighted by atomic mass is 9.60. The highest BCUT2D eigenvalue weighted by atomic mass is 35.5. The van der Waals surface area contributed by atoms with Crippen LogP contribution in [-0.4, -0.2) is 37.7 Å². The van der Waals surface area contributed by atoms with E-state index in [9.17, 15) is 4.79 Å². The molecule has 3 heterocycles. The molecule has 3 fully saturated rings. The maximum absolute atomic E-state index is 12.4. The molecule has 164 valence electrons. The fraction of sp³-hybridized carbons (Fsp3) is 0.417. The first-order valence-corrected chi connectivity index (χ1v) is 10.8. The maximum Gasteiger partial charge on any atom is 0.255 e. The number of nitrogens with two attached hydrogens (primary N) is 1. The van der Waals surface area contributed by atoms with Crippen LogP contribution in [0.4, 0.5) is 0 Å². The molecule has 0 aromatic heterocycles. The largest absolute Gasteiger partial charge is 0.489 e. The molecule has 0 unspecified atom stereocenters. The summed E-state index contributed by atoms with van der Waals surface area (Å²) in [7, 11) is 0. The zero-order valence-corrected chi connectivity index (χ0v) is 18.6. The molecular weight excluding hydrogens is 416 g/mol. The molecule has 2 saturated heterocycles. The van der Waals surface area contributed by atoms with E-state index in [-0.39, 0.29) is 23.3 Å². The highest BCUT2D eigenvalue weighted by Gasteiger charge is 2.60. The number of benzene rings is 2. The van der Waals surface area contributed by atoms with Crippen molar-refractivity contribution in [2.45, 2.75) is 44.1 Å². The van der Waals surface area contributed by atoms with Gasteiger partial charge in [-0.25, -0.2) is 0 Å². The average molecular weight is 443 g/mol. The Kier molecular flexibility index (Phi) is 5.71. The monoisotopic (exact) mass is 442 g/mol. The number of primary amides is 1. The van der Waals surface area contributed by atoms with E-state index in [1.54, 1.807) is 0 Å². The number of hydrogen-bond donors (Lipinski definition) is 2. The maximum atomic E-state index is 12.4. The Labute approximate surface area is 187 Å². The molecule has 1 aliphatic carbocycles. The van der Waals surface area contributed by atoms with Gasteiger partial charge in [-0.2, -0.15) is 0 Å². The van der Waals surface area contributed by atoms with Crippen molar-refractivity contribution in [3.8, 4) is 5.75 Å². The first-order valence-electron chi connectivity index (χ1n) is 10.4. The Morgan fingerprint density at radius 1 is 1.26 bits per heavy atom. The Bertz CT molecular complexity index is 1010. The summed E-state index contributed by atoms with van der Waals surface area (Å²) >= 11 is 6.55. The van der Waals surface area contributed by atoms with E-state index in [1.807, 2.05) is 13.0 Å². The standard InChI is InChI=1S/C23H24ClNO3.CH3NO/c1-14-16(10-18-20(19(14)24)27-8-7-25-21(18)26)9-15-3-5-17(6-4-15)23-11-22(2,12-23)28-13-23;2-1-3/h3-6,10H,7-9,11-13H2,1-2H3,(H,25,26);1H,(H2,2,3). The second kappa shape index (κ2) is 8.17. The SMILES string of the molecule is Cc1c(Cc2ccc(C34COC(C)(C3)C4)cc2)cc2c(c1Cl)OCCNC2=O.NC=O. The topological polar surface area (TPSA) is 90.7 Å². The van der Waals surface area contributed by atoms with E-state index >= 15 is 0 Å². The van der Waals surface area contributed by atoms with Gasteiger partial charge < -0.3 is 20.5 Å². The normalized spacial score (nSPS) is 25.7. The Balaban J connectivity index is 0.000000730. The van der Waals surface area contributed by atoms with E-state index in [0.717, 1.165) is 37.0 Å². The fourth-order valence-electron chi connectivity index (χ4n) is 5.06. The van der Waals surface area contributed by atoms with Gasteiger partial charge >= 0.3 is 0 Å². The van der Waals surface area contributed by atoms with Crippen molar-refractivity contribution >= 4 is 23.9 Å². The lowest BCUT2D eigenvalue weighted by Crippen LogP contribution is -2.44. The van der Waals surface area contributed by atoms with Crippen LogP contribution in [0.5, 0.6) is 5.75 Å². The van der Waals surface area contributed by atoms with Crippen molar-refractivity contribution in [2.24, 2.45) is 5.73 Å². The van der Waals surface area contributed by atoms with Crippen LogP contribution >= 0.6 is 11.6 Å². The summed E-state index contributed by atoms with van der Waals surface area (Å²) in [6.07, 6.45) is 3.22. The molecule has 2 aromatic carbocycles. The summed E-state index contributed by atoms with van der Waals surface area (Å²) in [4.78, 5) is 21.0. The average Bonchev–Trinajstić information content (AvgIpc) is 3.18. The quantitative estimate of drug-likeness (QED) is 0.713. The number of fused-ring (bicyclic) bond motifs is 2. The minimum absolute atomic E-state index is 0.0943. The van der Waals surface area contributed by atoms with Crippen molar-refractivity contribution in [3.63, 3.8) is 0 Å². The van der Waals surface area contributed by atoms with Gasteiger partial charge in [0.1, 0.15) is 6.61 Å². The molecule has 6 rings (SSSR count). The molecule has 6 nitrogen and oxygen atoms in total. The van der Waals surface area contributed by atoms with E-state index in [0.29, 0.717) is 29.5 Å². The molecule has 2 amide bonds. The molecule has 3 aliphatic heterocycles. The number of amides is 2. The summed E-state index contributed by atoms with van der Waals surface area (Å²) in [6, 6.07) is 10.8. The molecule has 4 aliphatic rings. The third-order valence-corrected chi connectivity index (χ3v) is 6.99. The predicted octanol–water partition coefficient (Wildman–Crippen LogP) is 3.28. The number of carbonyl (C=O) groups excluding carboxylic acids is 2. The molecule has 31 heavy (non-hydrogen) atoms. The van der Waals surface area contributed by atoms with Crippen LogP contribution in [-0.2, 0) is 21.4 Å². The van der Waals surface area contributed by atoms with Crippen molar-refractivity contribution in [1.82, 2.24) is 5.32 Å². The molecule has 1 saturated carbocycles. The van der Waals surface area contributed by atoms with E-state index in [4.69, 9.17) is 25.9 Å². The molecule has 0 atom stereocenters. The first kappa shape index (κ1) is 21.7. The van der Waals surface area contributed by atoms with Crippen LogP contribution in [0.25, 0.3) is 0 Å². The lowest BCUT2D eigenvalue weighted by molar-refractivity contribution is -0.106. The third kappa shape index (κ3) is 3.90. The predicted molar refractivity (Wildman–Crippen MR) is 119 cm³/mol. The summed E-state index contributed by atoms with van der Waals surface area (Å²) in [5, 5.41) is 3.39. The molecule has 7 heteroatoms. The summed E-state index contributed by atoms with van der Waals surface area (Å²) in [5.74, 6) is 0.376. The van der Waals surface area contributed by atoms with E-state index < -0.39 is 0 Å². The highest BCUT2D eigenvalue weighted by molar-refractivity contribution is 6.33. The van der Waals surface area contributed by atoms with E-state index in [1.165, 1.54) is 11.1 Å². The Morgan fingerprint density at radius 3 is 2.55 bits per heavy atom. The van der Waals surface area contributed by atoms with Gasteiger partial charge in [0, 0.05) is 5.41 Å². The van der Waals surface area contributed by atoms with Gasteiger partial charge in [-0.05, 0) is 61.4 Å². The van der Waals surface area contributed by atoms with Gasteiger partial charge in [0.15, 0.2) is 5.75 Å². The second-order valence-corrected chi connectivity index (χ2v) is 9.22. The van der Waals surface area contributed by atoms with Gasteiger partial charge in [-0.3, -0.25) is 9.59 Å². The van der Waals surface area contributed by atoms with Crippen LogP contribution in [0, 0.1) is 6.92 Å². The number of halogens is 1. The van der Waals surface area contributed by atoms with Crippen molar-refractivity contribution < 1.29 is 19.1 Å². The minimum Gasteiger partial charge on any atom is -0.489 e. The number of hydrogen-bond acceptors (Lipinski definition) is 4. The highest BCUT2D eigenvalue weighted by Crippen LogP contribution is 2.58. The zero-order chi connectivity index (χ0) is 22.2. The Hall–Kier alpha value is -2.57. The third-order valence-electron chi connectivity index (χ3n) is 6.53. The molecule has 0 radical (unpaired) electrons. The molecule has 3 N–H and O–H groups in total. The lowest BCUT2D eigenvalue weighted by Gasteiger charge is -2.42. The van der Waals surface area contributed by atoms with Crippen LogP contribution < -0.4 is 15.8 Å². The number of carbonyl (C=O) groups is 2. The summed E-state index contributed by atoms with van der Waals surface area (Å²) in [6.45, 7) is 5.95. The van der Waals surface area contributed by atoms with Crippen molar-refractivity contribution in [2.75, 3.05) is 19.8 Å². The van der Waals surface area contributed by atoms with Crippen LogP contribution in [0.15, 0.2) is 30.3 Å². The van der Waals surface area contributed by atoms with Gasteiger partial charge in [-0.15, -0.1) is 0 Å². The van der Waals surface area contributed by atoms with Gasteiger partial charge in [0.05, 0.1) is 29.3 Å². The summed E-state index contributed by atoms with van der Waals surface area (Å²) < 4.78 is 11.6. The summed E-state index contributed by atoms with van der Waals surface area (Å²) in [5.41, 5.74) is 9.59. The number of nitrogens with one attached hydrogen (secondary N) is 1. The minimum atomic E-state index is -0.126. The smallest absolute Gasteiger partial charge is 0.255 e. The van der Waals surface area contributed by atoms with Crippen LogP contribution in [0.1, 0.15) is 52.4 Å². The second-order valence-electron chi connectivity index (χ2n) is 8.84. The molecule has 2 bridgehead atoms. The zero-order valence-electron chi connectivity index (χ0n) is 17.8.